The Hall–Kier alpha value is -1.85. The van der Waals surface area contributed by atoms with Crippen LogP contribution in [-0.4, -0.2) is 71.0 Å². The number of hydrogen-bond acceptors (Lipinski definition) is 8. The highest BCUT2D eigenvalue weighted by Gasteiger charge is 2.76. The van der Waals surface area contributed by atoms with Gasteiger partial charge in [0, 0.05) is 24.0 Å². The molecule has 0 aromatic heterocycles. The van der Waals surface area contributed by atoms with Gasteiger partial charge in [0.2, 0.25) is 11.8 Å². The second-order valence-electron chi connectivity index (χ2n) is 16.9. The number of carbonyl (C=O) groups excluding carboxylic acids is 3. The molecule has 4 saturated carbocycles. The largest absolute Gasteiger partial charge is 0.480 e. The summed E-state index contributed by atoms with van der Waals surface area (Å²) in [6, 6.07) is -2.13. The number of carboxylic acids is 1. The number of esters is 1. The second-order valence-corrected chi connectivity index (χ2v) is 17.3. The molecule has 5 N–H and O–H groups in total. The Bertz CT molecular complexity index is 1220. The summed E-state index contributed by atoms with van der Waals surface area (Å²) in [6.45, 7) is 12.0. The van der Waals surface area contributed by atoms with Gasteiger partial charge < -0.3 is 30.9 Å². The van der Waals surface area contributed by atoms with Crippen molar-refractivity contribution in [3.63, 3.8) is 0 Å². The van der Waals surface area contributed by atoms with E-state index in [2.05, 4.69) is 57.9 Å². The Morgan fingerprint density at radius 2 is 1.77 bits per heavy atom. The number of ether oxygens (including phenoxy) is 2. The van der Waals surface area contributed by atoms with Crippen LogP contribution in [0.4, 0.5) is 0 Å². The summed E-state index contributed by atoms with van der Waals surface area (Å²) < 4.78 is 12.6. The van der Waals surface area contributed by atoms with Crippen LogP contribution in [0, 0.1) is 46.3 Å². The summed E-state index contributed by atoms with van der Waals surface area (Å²) in [5, 5.41) is 14.0. The van der Waals surface area contributed by atoms with Crippen molar-refractivity contribution >= 4 is 36.4 Å². The molecule has 0 aromatic rings. The van der Waals surface area contributed by atoms with Gasteiger partial charge >= 0.3 is 11.9 Å². The van der Waals surface area contributed by atoms with Crippen molar-refractivity contribution in [3.8, 4) is 0 Å². The van der Waals surface area contributed by atoms with Crippen LogP contribution in [0.1, 0.15) is 118 Å². The van der Waals surface area contributed by atoms with E-state index >= 15 is 0 Å². The highest BCUT2D eigenvalue weighted by Crippen LogP contribution is 2.74. The number of fused-ring (bicyclic) bond motifs is 4. The fourth-order valence-electron chi connectivity index (χ4n) is 11.1. The molecule has 0 aromatic carbocycles. The average molecular weight is 692 g/mol. The lowest BCUT2D eigenvalue weighted by atomic mass is 9.44. The fraction of sp³-hybridized carbons (Fsp3) is 0.892. The van der Waals surface area contributed by atoms with E-state index in [0.29, 0.717) is 23.7 Å². The van der Waals surface area contributed by atoms with Gasteiger partial charge in [0.05, 0.1) is 6.10 Å². The molecule has 4 aliphatic carbocycles. The number of amides is 2. The van der Waals surface area contributed by atoms with Crippen LogP contribution in [0.2, 0.25) is 0 Å². The number of nitrogens with two attached hydrogens (primary N) is 1. The predicted octanol–water partition coefficient (Wildman–Crippen LogP) is 4.87. The van der Waals surface area contributed by atoms with E-state index < -0.39 is 35.8 Å². The second kappa shape index (κ2) is 14.8. The van der Waals surface area contributed by atoms with Crippen molar-refractivity contribution in [1.29, 1.82) is 0 Å². The van der Waals surface area contributed by atoms with Crippen molar-refractivity contribution in [1.82, 2.24) is 10.6 Å². The van der Waals surface area contributed by atoms with E-state index in [0.717, 1.165) is 42.9 Å². The van der Waals surface area contributed by atoms with Crippen molar-refractivity contribution < 1.29 is 33.8 Å². The van der Waals surface area contributed by atoms with E-state index in [1.54, 1.807) is 0 Å². The van der Waals surface area contributed by atoms with Gasteiger partial charge in [-0.3, -0.25) is 19.2 Å². The number of thiol groups is 1. The molecule has 0 bridgehead atoms. The minimum Gasteiger partial charge on any atom is -0.480 e. The maximum Gasteiger partial charge on any atom is 0.325 e. The summed E-state index contributed by atoms with van der Waals surface area (Å²) >= 11 is 4.15. The van der Waals surface area contributed by atoms with Crippen LogP contribution in [0.5, 0.6) is 0 Å². The third-order valence-electron chi connectivity index (χ3n) is 13.8. The molecule has 272 valence electrons. The maximum absolute atomic E-state index is 12.9. The Balaban J connectivity index is 1.11. The first-order chi connectivity index (χ1) is 22.6. The number of aliphatic carboxylic acids is 1. The lowest BCUT2D eigenvalue weighted by Crippen LogP contribution is -2.59. The molecule has 12 atom stereocenters. The topological polar surface area (TPSA) is 160 Å². The van der Waals surface area contributed by atoms with Gasteiger partial charge in [-0.2, -0.15) is 12.6 Å². The third-order valence-corrected chi connectivity index (χ3v) is 14.1. The molecular formula is C37H61N3O7S. The summed E-state index contributed by atoms with van der Waals surface area (Å²) in [6.07, 6.45) is 12.8. The van der Waals surface area contributed by atoms with Gasteiger partial charge in [-0.15, -0.1) is 0 Å². The van der Waals surface area contributed by atoms with Gasteiger partial charge in [-0.25, -0.2) is 0 Å². The van der Waals surface area contributed by atoms with Crippen LogP contribution >= 0.6 is 12.6 Å². The summed E-state index contributed by atoms with van der Waals surface area (Å²) in [5.41, 5.74) is 5.75. The highest BCUT2D eigenvalue weighted by atomic mass is 32.1. The standard InChI is InChI=1S/C37H61N3O7S/c1-21(2)7-6-8-22(3)25-9-10-26-24-17-30-37(47-30)18-23(13-16-36(37,5)27(24)14-15-35(25,26)4)46-32(42)19-39-33(43)29(20-48)40-31(41)12-11-28(38)34(44)45/h21-30,48H,6-20,38H2,1-5H3,(H,39,43)(H,40,41)(H,44,45)/t22-,23?,24+,25-,26+,27+,28?,29?,30?,35-,36-,37?/m1/s1. The first-order valence-electron chi connectivity index (χ1n) is 18.7. The molecule has 10 nitrogen and oxygen atoms in total. The Kier molecular flexibility index (Phi) is 11.5. The van der Waals surface area contributed by atoms with Crippen molar-refractivity contribution in [2.24, 2.45) is 52.1 Å². The van der Waals surface area contributed by atoms with Gasteiger partial charge in [0.25, 0.3) is 0 Å². The molecule has 2 amide bonds. The average Bonchev–Trinajstić information content (AvgIpc) is 3.61. The molecule has 1 saturated heterocycles. The van der Waals surface area contributed by atoms with Crippen molar-refractivity contribution in [3.05, 3.63) is 0 Å². The van der Waals surface area contributed by atoms with E-state index in [4.69, 9.17) is 20.3 Å². The lowest BCUT2D eigenvalue weighted by molar-refractivity contribution is -0.160. The van der Waals surface area contributed by atoms with E-state index in [9.17, 15) is 19.2 Å². The van der Waals surface area contributed by atoms with Gasteiger partial charge in [-0.1, -0.05) is 53.9 Å². The first kappa shape index (κ1) is 37.4. The van der Waals surface area contributed by atoms with E-state index in [1.165, 1.54) is 44.9 Å². The van der Waals surface area contributed by atoms with Crippen molar-refractivity contribution in [2.75, 3.05) is 12.3 Å². The molecule has 5 fully saturated rings. The monoisotopic (exact) mass is 691 g/mol. The van der Waals surface area contributed by atoms with E-state index in [1.807, 2.05) is 0 Å². The Morgan fingerprint density at radius 3 is 2.46 bits per heavy atom. The lowest BCUT2D eigenvalue weighted by Gasteiger charge is -2.59. The molecule has 11 heteroatoms. The van der Waals surface area contributed by atoms with Gasteiger partial charge in [0.1, 0.15) is 30.3 Å². The summed E-state index contributed by atoms with van der Waals surface area (Å²) in [4.78, 5) is 48.6. The fourth-order valence-corrected chi connectivity index (χ4v) is 11.4. The molecular weight excluding hydrogens is 630 g/mol. The number of nitrogens with one attached hydrogen (secondary N) is 2. The summed E-state index contributed by atoms with van der Waals surface area (Å²) in [7, 11) is 0. The van der Waals surface area contributed by atoms with Crippen LogP contribution in [-0.2, 0) is 28.7 Å². The number of epoxide rings is 1. The molecule has 5 aliphatic rings. The molecule has 1 aliphatic heterocycles. The smallest absolute Gasteiger partial charge is 0.325 e. The number of carbonyl (C=O) groups is 4. The number of rotatable bonds is 15. The molecule has 48 heavy (non-hydrogen) atoms. The molecule has 5 unspecified atom stereocenters. The maximum atomic E-state index is 12.9. The zero-order valence-corrected chi connectivity index (χ0v) is 30.7. The Morgan fingerprint density at radius 1 is 1.02 bits per heavy atom. The van der Waals surface area contributed by atoms with Gasteiger partial charge in [0.15, 0.2) is 0 Å². The molecule has 1 spiro atoms. The summed E-state index contributed by atoms with van der Waals surface area (Å²) in [5.74, 6) is 1.78. The third kappa shape index (κ3) is 7.30. The van der Waals surface area contributed by atoms with Crippen LogP contribution in [0.25, 0.3) is 0 Å². The quantitative estimate of drug-likeness (QED) is 0.0924. The number of carboxylic acid groups (broad SMARTS) is 1. The zero-order chi connectivity index (χ0) is 35.0. The van der Waals surface area contributed by atoms with E-state index in [-0.39, 0.29) is 48.4 Å². The van der Waals surface area contributed by atoms with Gasteiger partial charge in [-0.05, 0) is 92.3 Å². The van der Waals surface area contributed by atoms with Crippen LogP contribution in [0.3, 0.4) is 0 Å². The van der Waals surface area contributed by atoms with Crippen molar-refractivity contribution in [2.45, 2.75) is 148 Å². The predicted molar refractivity (Wildman–Crippen MR) is 186 cm³/mol. The first-order valence-corrected chi connectivity index (χ1v) is 19.3. The number of hydrogen-bond donors (Lipinski definition) is 5. The van der Waals surface area contributed by atoms with Crippen LogP contribution in [0.15, 0.2) is 0 Å². The molecule has 5 rings (SSSR count). The zero-order valence-electron chi connectivity index (χ0n) is 29.8. The SMILES string of the molecule is CC(C)CCC[C@@H](C)[C@H]1CC[C@H]2[C@@H]3CC4OC45CC(OC(=O)CNC(=O)C(CS)NC(=O)CCC(N)C(=O)O)CC[C@]5(C)[C@H]3CC[C@]12C. The normalized spacial score (nSPS) is 38.3. The minimum absolute atomic E-state index is 0.0141. The Labute approximate surface area is 292 Å². The van der Waals surface area contributed by atoms with Crippen LogP contribution < -0.4 is 16.4 Å². The molecule has 1 heterocycles. The molecule has 0 radical (unpaired) electrons. The minimum atomic E-state index is -1.19. The highest BCUT2D eigenvalue weighted by molar-refractivity contribution is 7.80.